The molecule has 1 aromatic rings. The van der Waals surface area contributed by atoms with E-state index >= 15 is 0 Å². The van der Waals surface area contributed by atoms with E-state index in [0.717, 1.165) is 24.0 Å². The van der Waals surface area contributed by atoms with Crippen LogP contribution in [-0.4, -0.2) is 62.9 Å². The molecule has 31 heavy (non-hydrogen) atoms. The summed E-state index contributed by atoms with van der Waals surface area (Å²) in [4.78, 5) is 39.6. The summed E-state index contributed by atoms with van der Waals surface area (Å²) >= 11 is 0. The van der Waals surface area contributed by atoms with Crippen molar-refractivity contribution in [2.45, 2.75) is 32.6 Å². The molecule has 0 bridgehead atoms. The van der Waals surface area contributed by atoms with E-state index in [9.17, 15) is 14.4 Å². The number of morpholine rings is 1. The summed E-state index contributed by atoms with van der Waals surface area (Å²) in [5.41, 5.74) is 2.83. The topological polar surface area (TPSA) is 82.1 Å². The van der Waals surface area contributed by atoms with E-state index in [1.54, 1.807) is 6.92 Å². The molecule has 7 nitrogen and oxygen atoms in total. The SMILES string of the molecule is COC1=C(OC)C(=O)C(Cc2cccc(CCCC(=O)N3CCOCC3)c2)=C(C)C1=O. The van der Waals surface area contributed by atoms with Crippen molar-refractivity contribution in [2.24, 2.45) is 0 Å². The second-order valence-electron chi connectivity index (χ2n) is 7.67. The Kier molecular flexibility index (Phi) is 7.63. The van der Waals surface area contributed by atoms with Crippen LogP contribution < -0.4 is 0 Å². The lowest BCUT2D eigenvalue weighted by Gasteiger charge is -2.26. The zero-order valence-corrected chi connectivity index (χ0v) is 18.4. The molecule has 1 aliphatic carbocycles. The van der Waals surface area contributed by atoms with Gasteiger partial charge in [0, 0.05) is 37.1 Å². The van der Waals surface area contributed by atoms with Gasteiger partial charge >= 0.3 is 0 Å². The normalized spacial score (nSPS) is 17.3. The quantitative estimate of drug-likeness (QED) is 0.593. The minimum absolute atomic E-state index is 0.0487. The van der Waals surface area contributed by atoms with Crippen molar-refractivity contribution in [3.05, 3.63) is 58.1 Å². The highest BCUT2D eigenvalue weighted by Gasteiger charge is 2.34. The molecule has 166 valence electrons. The lowest BCUT2D eigenvalue weighted by Crippen LogP contribution is -2.40. The average molecular weight is 427 g/mol. The summed E-state index contributed by atoms with van der Waals surface area (Å²) in [6, 6.07) is 7.91. The number of carbonyl (C=O) groups is 3. The van der Waals surface area contributed by atoms with Crippen molar-refractivity contribution >= 4 is 17.5 Å². The Balaban J connectivity index is 1.64. The van der Waals surface area contributed by atoms with Gasteiger partial charge in [-0.25, -0.2) is 0 Å². The number of methoxy groups -OCH3 is 2. The largest absolute Gasteiger partial charge is 0.489 e. The Bertz CT molecular complexity index is 924. The summed E-state index contributed by atoms with van der Waals surface area (Å²) in [6.07, 6.45) is 2.36. The van der Waals surface area contributed by atoms with Gasteiger partial charge in [0.15, 0.2) is 0 Å². The van der Waals surface area contributed by atoms with Crippen molar-refractivity contribution in [2.75, 3.05) is 40.5 Å². The Morgan fingerprint density at radius 1 is 1.03 bits per heavy atom. The molecule has 3 rings (SSSR count). The summed E-state index contributed by atoms with van der Waals surface area (Å²) in [5, 5.41) is 0. The van der Waals surface area contributed by atoms with E-state index in [4.69, 9.17) is 14.2 Å². The smallest absolute Gasteiger partial charge is 0.228 e. The minimum atomic E-state index is -0.327. The second kappa shape index (κ2) is 10.4. The number of hydrogen-bond donors (Lipinski definition) is 0. The van der Waals surface area contributed by atoms with Crippen molar-refractivity contribution in [3.8, 4) is 0 Å². The molecular formula is C24H29NO6. The predicted octanol–water partition coefficient (Wildman–Crippen LogP) is 2.38. The third kappa shape index (κ3) is 5.22. The first kappa shape index (κ1) is 22.7. The standard InChI is InChI=1S/C24H29NO6/c1-16-19(22(28)24(30-3)23(29-2)21(16)27)15-18-8-4-6-17(14-18)7-5-9-20(26)25-10-12-31-13-11-25/h4,6,8,14H,5,7,9-13,15H2,1-3H3. The molecule has 0 radical (unpaired) electrons. The Morgan fingerprint density at radius 3 is 2.35 bits per heavy atom. The van der Waals surface area contributed by atoms with Gasteiger partial charge in [-0.2, -0.15) is 0 Å². The van der Waals surface area contributed by atoms with Gasteiger partial charge in [0.05, 0.1) is 27.4 Å². The van der Waals surface area contributed by atoms with Crippen molar-refractivity contribution in [3.63, 3.8) is 0 Å². The molecule has 1 saturated heterocycles. The maximum Gasteiger partial charge on any atom is 0.228 e. The molecular weight excluding hydrogens is 398 g/mol. The molecule has 1 aliphatic heterocycles. The highest BCUT2D eigenvalue weighted by Crippen LogP contribution is 2.28. The van der Waals surface area contributed by atoms with Gasteiger partial charge in [-0.05, 0) is 30.9 Å². The monoisotopic (exact) mass is 427 g/mol. The molecule has 7 heteroatoms. The average Bonchev–Trinajstić information content (AvgIpc) is 2.79. The Morgan fingerprint density at radius 2 is 1.68 bits per heavy atom. The number of benzene rings is 1. The van der Waals surface area contributed by atoms with Gasteiger partial charge in [-0.15, -0.1) is 0 Å². The van der Waals surface area contributed by atoms with Gasteiger partial charge < -0.3 is 19.1 Å². The summed E-state index contributed by atoms with van der Waals surface area (Å²) in [7, 11) is 2.71. The fourth-order valence-electron chi connectivity index (χ4n) is 3.92. The molecule has 0 atom stereocenters. The summed E-state index contributed by atoms with van der Waals surface area (Å²) in [5.74, 6) is -0.581. The number of nitrogens with zero attached hydrogens (tertiary/aromatic N) is 1. The lowest BCUT2D eigenvalue weighted by atomic mass is 9.88. The highest BCUT2D eigenvalue weighted by molar-refractivity contribution is 6.23. The van der Waals surface area contributed by atoms with Crippen molar-refractivity contribution in [1.29, 1.82) is 0 Å². The zero-order chi connectivity index (χ0) is 22.4. The van der Waals surface area contributed by atoms with Crippen LogP contribution in [0.3, 0.4) is 0 Å². The van der Waals surface area contributed by atoms with Gasteiger partial charge in [-0.3, -0.25) is 14.4 Å². The lowest BCUT2D eigenvalue weighted by molar-refractivity contribution is -0.135. The molecule has 1 amide bonds. The number of Topliss-reactive ketones (excluding diaryl/α,β-unsaturated/α-hetero) is 2. The fourth-order valence-corrected chi connectivity index (χ4v) is 3.92. The summed E-state index contributed by atoms with van der Waals surface area (Å²) in [6.45, 7) is 4.19. The van der Waals surface area contributed by atoms with Crippen molar-refractivity contribution < 1.29 is 28.6 Å². The van der Waals surface area contributed by atoms with Crippen LogP contribution in [0, 0.1) is 0 Å². The first-order valence-corrected chi connectivity index (χ1v) is 10.5. The molecule has 1 aromatic carbocycles. The third-order valence-corrected chi connectivity index (χ3v) is 5.69. The van der Waals surface area contributed by atoms with Crippen LogP contribution in [0.4, 0.5) is 0 Å². The van der Waals surface area contributed by atoms with Crippen LogP contribution in [0.2, 0.25) is 0 Å². The number of carbonyl (C=O) groups excluding carboxylic acids is 3. The molecule has 0 N–H and O–H groups in total. The minimum Gasteiger partial charge on any atom is -0.489 e. The van der Waals surface area contributed by atoms with Crippen molar-refractivity contribution in [1.82, 2.24) is 4.90 Å². The molecule has 2 aliphatic rings. The predicted molar refractivity (Wildman–Crippen MR) is 114 cm³/mol. The number of ketones is 2. The molecule has 0 spiro atoms. The van der Waals surface area contributed by atoms with E-state index < -0.39 is 0 Å². The number of aryl methyl sites for hydroxylation is 1. The van der Waals surface area contributed by atoms with Crippen LogP contribution in [-0.2, 0) is 41.4 Å². The first-order valence-electron chi connectivity index (χ1n) is 10.5. The van der Waals surface area contributed by atoms with Crippen LogP contribution in [0.15, 0.2) is 46.9 Å². The third-order valence-electron chi connectivity index (χ3n) is 5.69. The van der Waals surface area contributed by atoms with Gasteiger partial charge in [0.25, 0.3) is 0 Å². The maximum absolute atomic E-state index is 12.8. The van der Waals surface area contributed by atoms with E-state index in [0.29, 0.717) is 50.3 Å². The first-order chi connectivity index (χ1) is 15.0. The fraction of sp³-hybridized carbons (Fsp3) is 0.458. The summed E-state index contributed by atoms with van der Waals surface area (Å²) < 4.78 is 15.5. The Hall–Kier alpha value is -2.93. The zero-order valence-electron chi connectivity index (χ0n) is 18.4. The van der Waals surface area contributed by atoms with Crippen LogP contribution in [0.25, 0.3) is 0 Å². The second-order valence-corrected chi connectivity index (χ2v) is 7.67. The molecule has 0 aromatic heterocycles. The van der Waals surface area contributed by atoms with Crippen LogP contribution in [0.1, 0.15) is 30.9 Å². The number of rotatable bonds is 8. The number of allylic oxidation sites excluding steroid dienone is 2. The van der Waals surface area contributed by atoms with Crippen LogP contribution >= 0.6 is 0 Å². The molecule has 1 heterocycles. The number of ether oxygens (including phenoxy) is 3. The molecule has 0 unspecified atom stereocenters. The maximum atomic E-state index is 12.8. The van der Waals surface area contributed by atoms with E-state index in [1.807, 2.05) is 29.2 Å². The Labute approximate surface area is 182 Å². The van der Waals surface area contributed by atoms with E-state index in [-0.39, 0.29) is 29.0 Å². The van der Waals surface area contributed by atoms with Crippen LogP contribution in [0.5, 0.6) is 0 Å². The van der Waals surface area contributed by atoms with Gasteiger partial charge in [0.2, 0.25) is 29.0 Å². The van der Waals surface area contributed by atoms with Gasteiger partial charge in [0.1, 0.15) is 0 Å². The van der Waals surface area contributed by atoms with E-state index in [2.05, 4.69) is 0 Å². The number of amides is 1. The number of hydrogen-bond acceptors (Lipinski definition) is 6. The molecule has 0 saturated carbocycles. The van der Waals surface area contributed by atoms with Gasteiger partial charge in [-0.1, -0.05) is 24.3 Å². The highest BCUT2D eigenvalue weighted by atomic mass is 16.5. The molecule has 1 fully saturated rings. The van der Waals surface area contributed by atoms with E-state index in [1.165, 1.54) is 14.2 Å².